The fraction of sp³-hybridized carbons (Fsp3) is 1.00. The molecule has 2 saturated carbocycles. The average Bonchev–Trinajstić information content (AvgIpc) is 2.67. The van der Waals surface area contributed by atoms with E-state index in [-0.39, 0.29) is 17.1 Å². The highest BCUT2D eigenvalue weighted by Crippen LogP contribution is 2.62. The molecular weight excluding hydrogens is 224 g/mol. The van der Waals surface area contributed by atoms with Gasteiger partial charge in [-0.3, -0.25) is 0 Å². The molecular formula is C16H28O2. The molecule has 1 aliphatic heterocycles. The molecule has 0 aromatic rings. The first-order chi connectivity index (χ1) is 8.17. The molecule has 3 fully saturated rings. The van der Waals surface area contributed by atoms with Crippen molar-refractivity contribution in [3.8, 4) is 0 Å². The summed E-state index contributed by atoms with van der Waals surface area (Å²) in [5, 5.41) is 0. The smallest absolute Gasteiger partial charge is 0.164 e. The van der Waals surface area contributed by atoms with Crippen LogP contribution in [0.3, 0.4) is 0 Å². The number of ether oxygens (including phenoxy) is 2. The summed E-state index contributed by atoms with van der Waals surface area (Å²) in [5.74, 6) is 2.06. The minimum absolute atomic E-state index is 0.123. The Hall–Kier alpha value is -0.0800. The van der Waals surface area contributed by atoms with Crippen LogP contribution in [0.25, 0.3) is 0 Å². The van der Waals surface area contributed by atoms with Gasteiger partial charge in [-0.15, -0.1) is 0 Å². The van der Waals surface area contributed by atoms with Crippen molar-refractivity contribution in [1.82, 2.24) is 0 Å². The van der Waals surface area contributed by atoms with Crippen LogP contribution in [0.15, 0.2) is 0 Å². The van der Waals surface area contributed by atoms with Gasteiger partial charge in [-0.2, -0.15) is 0 Å². The number of hydrogen-bond donors (Lipinski definition) is 0. The van der Waals surface area contributed by atoms with Crippen LogP contribution in [0.1, 0.15) is 60.8 Å². The third-order valence-electron chi connectivity index (χ3n) is 6.37. The summed E-state index contributed by atoms with van der Waals surface area (Å²) in [4.78, 5) is 0. The number of rotatable bonds is 0. The van der Waals surface area contributed by atoms with E-state index >= 15 is 0 Å². The Labute approximate surface area is 111 Å². The van der Waals surface area contributed by atoms with Crippen molar-refractivity contribution in [3.63, 3.8) is 0 Å². The van der Waals surface area contributed by atoms with Gasteiger partial charge in [0.15, 0.2) is 5.79 Å². The van der Waals surface area contributed by atoms with E-state index in [1.807, 2.05) is 0 Å². The van der Waals surface area contributed by atoms with Crippen molar-refractivity contribution in [2.45, 2.75) is 78.3 Å². The van der Waals surface area contributed by atoms with Crippen LogP contribution < -0.4 is 0 Å². The van der Waals surface area contributed by atoms with E-state index in [4.69, 9.17) is 9.47 Å². The number of hydrogen-bond acceptors (Lipinski definition) is 2. The van der Waals surface area contributed by atoms with Crippen molar-refractivity contribution >= 4 is 0 Å². The minimum atomic E-state index is -0.418. The van der Waals surface area contributed by atoms with Crippen LogP contribution in [-0.2, 0) is 9.47 Å². The third kappa shape index (κ3) is 1.48. The van der Waals surface area contributed by atoms with Gasteiger partial charge in [0, 0.05) is 0 Å². The summed E-state index contributed by atoms with van der Waals surface area (Å²) in [6.07, 6.45) is 4.20. The Morgan fingerprint density at radius 3 is 2.33 bits per heavy atom. The molecule has 3 aliphatic rings. The molecule has 2 nitrogen and oxygen atoms in total. The summed E-state index contributed by atoms with van der Waals surface area (Å²) in [5.41, 5.74) is 0.0842. The third-order valence-corrected chi connectivity index (χ3v) is 6.37. The SMILES string of the molecule is C[C@@H]1CC[C@@H]2C1C[C@@H]1OC(C)(C)O[C@]1(C)C2(C)C. The molecule has 3 rings (SSSR count). The summed E-state index contributed by atoms with van der Waals surface area (Å²) in [6.45, 7) is 13.6. The Morgan fingerprint density at radius 1 is 1.00 bits per heavy atom. The molecule has 0 radical (unpaired) electrons. The predicted octanol–water partition coefficient (Wildman–Crippen LogP) is 3.99. The molecule has 104 valence electrons. The largest absolute Gasteiger partial charge is 0.344 e. The first-order valence-corrected chi connectivity index (χ1v) is 7.55. The molecule has 2 heteroatoms. The molecule has 0 bridgehead atoms. The molecule has 0 N–H and O–H groups in total. The summed E-state index contributed by atoms with van der Waals surface area (Å²) < 4.78 is 12.6. The van der Waals surface area contributed by atoms with Gasteiger partial charge in [-0.05, 0) is 56.8 Å². The van der Waals surface area contributed by atoms with Gasteiger partial charge in [0.05, 0.1) is 6.10 Å². The van der Waals surface area contributed by atoms with E-state index in [0.29, 0.717) is 0 Å². The lowest BCUT2D eigenvalue weighted by molar-refractivity contribution is -0.193. The standard InChI is InChI=1S/C16H28O2/c1-10-7-8-12-11(10)9-13-16(6,14(12,2)3)18-15(4,5)17-13/h10-13H,7-9H2,1-6H3/t10-,11?,12-,13+,16+/m1/s1. The summed E-state index contributed by atoms with van der Waals surface area (Å²) >= 11 is 0. The topological polar surface area (TPSA) is 18.5 Å². The highest BCUT2D eigenvalue weighted by atomic mass is 16.8. The van der Waals surface area contributed by atoms with E-state index in [1.54, 1.807) is 0 Å². The normalized spacial score (nSPS) is 53.0. The summed E-state index contributed by atoms with van der Waals surface area (Å²) in [6, 6.07) is 0. The fourth-order valence-corrected chi connectivity index (χ4v) is 5.05. The van der Waals surface area contributed by atoms with Gasteiger partial charge in [-0.25, -0.2) is 0 Å². The van der Waals surface area contributed by atoms with E-state index < -0.39 is 5.79 Å². The average molecular weight is 252 g/mol. The van der Waals surface area contributed by atoms with Gasteiger partial charge in [0.2, 0.25) is 0 Å². The van der Waals surface area contributed by atoms with Crippen LogP contribution >= 0.6 is 0 Å². The van der Waals surface area contributed by atoms with Crippen molar-refractivity contribution in [3.05, 3.63) is 0 Å². The molecule has 2 aliphatic carbocycles. The molecule has 1 unspecified atom stereocenters. The van der Waals surface area contributed by atoms with E-state index in [9.17, 15) is 0 Å². The molecule has 5 atom stereocenters. The van der Waals surface area contributed by atoms with E-state index in [2.05, 4.69) is 41.5 Å². The zero-order valence-corrected chi connectivity index (χ0v) is 12.7. The molecule has 0 aromatic heterocycles. The molecule has 0 aromatic carbocycles. The molecule has 1 saturated heterocycles. The zero-order valence-electron chi connectivity index (χ0n) is 12.7. The first kappa shape index (κ1) is 12.9. The van der Waals surface area contributed by atoms with Crippen LogP contribution in [0.2, 0.25) is 0 Å². The van der Waals surface area contributed by atoms with Crippen molar-refractivity contribution in [2.75, 3.05) is 0 Å². The molecule has 18 heavy (non-hydrogen) atoms. The number of fused-ring (bicyclic) bond motifs is 2. The maximum Gasteiger partial charge on any atom is 0.164 e. The second-order valence-corrected chi connectivity index (χ2v) is 8.00. The van der Waals surface area contributed by atoms with Crippen LogP contribution in [0, 0.1) is 23.2 Å². The minimum Gasteiger partial charge on any atom is -0.344 e. The maximum atomic E-state index is 6.38. The quantitative estimate of drug-likeness (QED) is 0.649. The maximum absolute atomic E-state index is 6.38. The van der Waals surface area contributed by atoms with E-state index in [0.717, 1.165) is 17.8 Å². The van der Waals surface area contributed by atoms with Gasteiger partial charge >= 0.3 is 0 Å². The monoisotopic (exact) mass is 252 g/mol. The van der Waals surface area contributed by atoms with Gasteiger partial charge in [-0.1, -0.05) is 27.2 Å². The lowest BCUT2D eigenvalue weighted by atomic mass is 9.55. The summed E-state index contributed by atoms with van der Waals surface area (Å²) in [7, 11) is 0. The van der Waals surface area contributed by atoms with Gasteiger partial charge < -0.3 is 9.47 Å². The van der Waals surface area contributed by atoms with Crippen LogP contribution in [-0.4, -0.2) is 17.5 Å². The van der Waals surface area contributed by atoms with Gasteiger partial charge in [0.25, 0.3) is 0 Å². The Morgan fingerprint density at radius 2 is 1.67 bits per heavy atom. The fourth-order valence-electron chi connectivity index (χ4n) is 5.05. The Balaban J connectivity index is 1.99. The second-order valence-electron chi connectivity index (χ2n) is 8.00. The molecule has 0 amide bonds. The molecule has 1 heterocycles. The highest BCUT2D eigenvalue weighted by Gasteiger charge is 2.65. The van der Waals surface area contributed by atoms with Crippen LogP contribution in [0.5, 0.6) is 0 Å². The van der Waals surface area contributed by atoms with Crippen LogP contribution in [0.4, 0.5) is 0 Å². The Kier molecular flexibility index (Phi) is 2.53. The van der Waals surface area contributed by atoms with Crippen molar-refractivity contribution < 1.29 is 9.47 Å². The van der Waals surface area contributed by atoms with Crippen molar-refractivity contribution in [2.24, 2.45) is 23.2 Å². The first-order valence-electron chi connectivity index (χ1n) is 7.55. The molecule has 0 spiro atoms. The lowest BCUT2D eigenvalue weighted by Gasteiger charge is -2.54. The van der Waals surface area contributed by atoms with E-state index in [1.165, 1.54) is 19.3 Å². The van der Waals surface area contributed by atoms with Crippen molar-refractivity contribution in [1.29, 1.82) is 0 Å². The van der Waals surface area contributed by atoms with Gasteiger partial charge in [0.1, 0.15) is 5.60 Å². The highest BCUT2D eigenvalue weighted by molar-refractivity contribution is 5.12. The second kappa shape index (κ2) is 3.52. The Bertz CT molecular complexity index is 360. The lowest BCUT2D eigenvalue weighted by Crippen LogP contribution is -2.59. The zero-order chi connectivity index (χ0) is 13.3. The predicted molar refractivity (Wildman–Crippen MR) is 72.2 cm³/mol.